The molecule has 3 aliphatic heterocycles. The lowest BCUT2D eigenvalue weighted by Gasteiger charge is -2.36. The highest BCUT2D eigenvalue weighted by Crippen LogP contribution is 2.34. The van der Waals surface area contributed by atoms with E-state index < -0.39 is 17.7 Å². The molecule has 0 aromatic heterocycles. The van der Waals surface area contributed by atoms with Gasteiger partial charge in [0.05, 0.1) is 7.11 Å². The highest BCUT2D eigenvalue weighted by atomic mass is 16.6. The molecule has 0 N–H and O–H groups in total. The summed E-state index contributed by atoms with van der Waals surface area (Å²) >= 11 is 0. The number of benzene rings is 1. The third-order valence-corrected chi connectivity index (χ3v) is 5.35. The van der Waals surface area contributed by atoms with Crippen molar-refractivity contribution < 1.29 is 19.1 Å². The summed E-state index contributed by atoms with van der Waals surface area (Å²) in [6, 6.07) is 9.93. The van der Waals surface area contributed by atoms with Gasteiger partial charge in [0, 0.05) is 31.6 Å². The fourth-order valence-corrected chi connectivity index (χ4v) is 4.15. The highest BCUT2D eigenvalue weighted by Gasteiger charge is 2.47. The van der Waals surface area contributed by atoms with Crippen molar-refractivity contribution in [3.05, 3.63) is 35.9 Å². The summed E-state index contributed by atoms with van der Waals surface area (Å²) in [4.78, 5) is 29.4. The molecule has 1 amide bonds. The largest absolute Gasteiger partial charge is 0.467 e. The molecule has 0 spiro atoms. The number of hydrogen-bond donors (Lipinski definition) is 0. The van der Waals surface area contributed by atoms with Crippen molar-refractivity contribution in [1.29, 1.82) is 0 Å². The third kappa shape index (κ3) is 4.61. The first-order chi connectivity index (χ1) is 12.8. The lowest BCUT2D eigenvalue weighted by molar-refractivity contribution is -0.148. The normalized spacial score (nSPS) is 25.8. The van der Waals surface area contributed by atoms with Gasteiger partial charge < -0.3 is 9.47 Å². The first-order valence-electron chi connectivity index (χ1n) is 9.64. The van der Waals surface area contributed by atoms with Crippen LogP contribution in [0.25, 0.3) is 0 Å². The average Bonchev–Trinajstić information content (AvgIpc) is 2.89. The smallest absolute Gasteiger partial charge is 0.411 e. The summed E-state index contributed by atoms with van der Waals surface area (Å²) in [5.74, 6) is -0.305. The van der Waals surface area contributed by atoms with Crippen molar-refractivity contribution in [3.63, 3.8) is 0 Å². The van der Waals surface area contributed by atoms with Crippen molar-refractivity contribution in [2.45, 2.75) is 57.8 Å². The number of hydrogen-bond acceptors (Lipinski definition) is 5. The lowest BCUT2D eigenvalue weighted by atomic mass is 9.89. The molecule has 148 valence electrons. The zero-order valence-electron chi connectivity index (χ0n) is 16.7. The van der Waals surface area contributed by atoms with E-state index in [2.05, 4.69) is 17.0 Å². The van der Waals surface area contributed by atoms with Crippen LogP contribution in [0, 0.1) is 5.92 Å². The van der Waals surface area contributed by atoms with Crippen LogP contribution in [0.15, 0.2) is 30.3 Å². The molecule has 0 radical (unpaired) electrons. The molecule has 4 rings (SSSR count). The Balaban J connectivity index is 1.84. The number of ether oxygens (including phenoxy) is 2. The first-order valence-corrected chi connectivity index (χ1v) is 9.64. The van der Waals surface area contributed by atoms with E-state index in [9.17, 15) is 9.59 Å². The van der Waals surface area contributed by atoms with Gasteiger partial charge in [0.1, 0.15) is 11.6 Å². The Bertz CT molecular complexity index is 671. The second-order valence-corrected chi connectivity index (χ2v) is 8.51. The summed E-state index contributed by atoms with van der Waals surface area (Å²) in [5, 5.41) is 0. The van der Waals surface area contributed by atoms with E-state index in [-0.39, 0.29) is 17.9 Å². The summed E-state index contributed by atoms with van der Waals surface area (Å²) in [7, 11) is 1.38. The Kier molecular flexibility index (Phi) is 5.75. The molecule has 3 heterocycles. The van der Waals surface area contributed by atoms with Gasteiger partial charge in [-0.1, -0.05) is 30.3 Å². The molecule has 1 aromatic rings. The first kappa shape index (κ1) is 19.7. The van der Waals surface area contributed by atoms with Crippen LogP contribution >= 0.6 is 0 Å². The molecule has 2 bridgehead atoms. The molecular weight excluding hydrogens is 344 g/mol. The highest BCUT2D eigenvalue weighted by molar-refractivity contribution is 5.82. The summed E-state index contributed by atoms with van der Waals surface area (Å²) in [6.45, 7) is 7.60. The molecule has 3 fully saturated rings. The van der Waals surface area contributed by atoms with Crippen molar-refractivity contribution in [3.8, 4) is 0 Å². The number of esters is 1. The van der Waals surface area contributed by atoms with Crippen molar-refractivity contribution in [2.75, 3.05) is 20.2 Å². The number of amides is 1. The maximum absolute atomic E-state index is 12.9. The van der Waals surface area contributed by atoms with Crippen LogP contribution in [0.5, 0.6) is 0 Å². The zero-order valence-corrected chi connectivity index (χ0v) is 16.7. The molecule has 1 aromatic carbocycles. The van der Waals surface area contributed by atoms with E-state index in [1.807, 2.05) is 39.0 Å². The average molecular weight is 374 g/mol. The van der Waals surface area contributed by atoms with E-state index in [1.54, 1.807) is 4.90 Å². The van der Waals surface area contributed by atoms with Crippen LogP contribution in [-0.2, 0) is 20.8 Å². The van der Waals surface area contributed by atoms with Gasteiger partial charge in [-0.15, -0.1) is 0 Å². The molecule has 2 unspecified atom stereocenters. The number of methoxy groups -OCH3 is 1. The van der Waals surface area contributed by atoms with Crippen LogP contribution in [-0.4, -0.2) is 59.7 Å². The Labute approximate surface area is 161 Å². The minimum Gasteiger partial charge on any atom is -0.467 e. The van der Waals surface area contributed by atoms with Crippen LogP contribution in [0.4, 0.5) is 4.79 Å². The van der Waals surface area contributed by atoms with Crippen LogP contribution < -0.4 is 0 Å². The van der Waals surface area contributed by atoms with E-state index >= 15 is 0 Å². The minimum absolute atomic E-state index is 0.0485. The topological polar surface area (TPSA) is 59.1 Å². The van der Waals surface area contributed by atoms with Gasteiger partial charge in [0.15, 0.2) is 0 Å². The molecule has 0 saturated carbocycles. The summed E-state index contributed by atoms with van der Waals surface area (Å²) < 4.78 is 10.6. The van der Waals surface area contributed by atoms with Crippen LogP contribution in [0.3, 0.4) is 0 Å². The Morgan fingerprint density at radius 3 is 2.44 bits per heavy atom. The summed E-state index contributed by atoms with van der Waals surface area (Å²) in [5.41, 5.74) is 0.635. The number of piperidine rings is 1. The van der Waals surface area contributed by atoms with Gasteiger partial charge in [0.2, 0.25) is 0 Å². The number of nitrogens with zero attached hydrogens (tertiary/aromatic N) is 2. The number of rotatable bonds is 3. The van der Waals surface area contributed by atoms with Gasteiger partial charge in [-0.05, 0) is 39.2 Å². The molecule has 6 nitrogen and oxygen atoms in total. The maximum Gasteiger partial charge on any atom is 0.411 e. The number of fused-ring (bicyclic) bond motifs is 4. The van der Waals surface area contributed by atoms with E-state index in [0.717, 1.165) is 25.9 Å². The van der Waals surface area contributed by atoms with Crippen molar-refractivity contribution >= 4 is 12.1 Å². The fraction of sp³-hybridized carbons (Fsp3) is 0.619. The van der Waals surface area contributed by atoms with Gasteiger partial charge in [-0.3, -0.25) is 9.80 Å². The lowest BCUT2D eigenvalue weighted by Crippen LogP contribution is -2.50. The fourth-order valence-electron chi connectivity index (χ4n) is 4.15. The summed E-state index contributed by atoms with van der Waals surface area (Å²) in [6.07, 6.45) is 1.44. The molecule has 3 saturated heterocycles. The Hall–Kier alpha value is -2.08. The molecule has 27 heavy (non-hydrogen) atoms. The molecule has 0 aliphatic carbocycles. The van der Waals surface area contributed by atoms with E-state index in [1.165, 1.54) is 12.7 Å². The monoisotopic (exact) mass is 374 g/mol. The SMILES string of the molecule is COC(=O)C1C2CC[C@@H](CN1C(=O)OC(C)(C)C)N(Cc1ccccc1)C2. The van der Waals surface area contributed by atoms with Crippen molar-refractivity contribution in [1.82, 2.24) is 9.80 Å². The quantitative estimate of drug-likeness (QED) is 0.761. The predicted molar refractivity (Wildman–Crippen MR) is 102 cm³/mol. The van der Waals surface area contributed by atoms with Gasteiger partial charge >= 0.3 is 12.1 Å². The molecule has 6 heteroatoms. The van der Waals surface area contributed by atoms with Gasteiger partial charge in [-0.2, -0.15) is 0 Å². The number of carbonyl (C=O) groups excluding carboxylic acids is 2. The van der Waals surface area contributed by atoms with Crippen LogP contribution in [0.1, 0.15) is 39.2 Å². The Morgan fingerprint density at radius 1 is 1.11 bits per heavy atom. The molecular formula is C21H30N2O4. The third-order valence-electron chi connectivity index (χ3n) is 5.35. The zero-order chi connectivity index (χ0) is 19.6. The van der Waals surface area contributed by atoms with Crippen molar-refractivity contribution in [2.24, 2.45) is 5.92 Å². The molecule has 3 atom stereocenters. The van der Waals surface area contributed by atoms with Gasteiger partial charge in [-0.25, -0.2) is 9.59 Å². The second kappa shape index (κ2) is 7.89. The molecule has 3 aliphatic rings. The van der Waals surface area contributed by atoms with Crippen LogP contribution in [0.2, 0.25) is 0 Å². The van der Waals surface area contributed by atoms with Gasteiger partial charge in [0.25, 0.3) is 0 Å². The predicted octanol–water partition coefficient (Wildman–Crippen LogP) is 3.06. The van der Waals surface area contributed by atoms with E-state index in [0.29, 0.717) is 6.54 Å². The second-order valence-electron chi connectivity index (χ2n) is 8.51. The Morgan fingerprint density at radius 2 is 1.81 bits per heavy atom. The minimum atomic E-state index is -0.604. The number of carbonyl (C=O) groups is 2. The standard InChI is InChI=1S/C21H30N2O4/c1-21(2,3)27-20(25)23-14-17-11-10-16(18(23)19(24)26-4)13-22(17)12-15-8-6-5-7-9-15/h5-9,16-18H,10-14H2,1-4H3/t16?,17-,18?/m0/s1. The maximum atomic E-state index is 12.9. The van der Waals surface area contributed by atoms with E-state index in [4.69, 9.17) is 9.47 Å².